The molecule has 0 spiro atoms. The monoisotopic (exact) mass is 367 g/mol. The van der Waals surface area contributed by atoms with Crippen LogP contribution in [0.15, 0.2) is 59.1 Å². The Labute approximate surface area is 134 Å². The van der Waals surface area contributed by atoms with Gasteiger partial charge >= 0.3 is 0 Å². The highest BCUT2D eigenvalue weighted by molar-refractivity contribution is 9.10. The maximum Gasteiger partial charge on any atom is 0.212 e. The third kappa shape index (κ3) is 5.26. The molecule has 1 atom stereocenters. The summed E-state index contributed by atoms with van der Waals surface area (Å²) in [5.74, 6) is 0.0951. The number of nitrogens with one attached hydrogen (secondary N) is 1. The molecule has 1 unspecified atom stereocenters. The molecule has 2 rings (SSSR count). The maximum absolute atomic E-state index is 12.1. The molecule has 5 heteroatoms. The summed E-state index contributed by atoms with van der Waals surface area (Å²) in [6.07, 6.45) is 0.517. The maximum atomic E-state index is 12.1. The minimum atomic E-state index is -3.30. The van der Waals surface area contributed by atoms with E-state index in [1.807, 2.05) is 61.5 Å². The number of hydrogen-bond donors (Lipinski definition) is 1. The standard InChI is InChI=1S/C16H18BrNO2S/c1-13(15-7-9-16(17)10-8-15)18-21(19,20)12-11-14-5-3-2-4-6-14/h2-10,13,18H,11-12H2,1H3. The van der Waals surface area contributed by atoms with E-state index in [1.165, 1.54) is 0 Å². The molecule has 3 nitrogen and oxygen atoms in total. The molecule has 0 saturated carbocycles. The molecule has 0 aliphatic carbocycles. The van der Waals surface area contributed by atoms with Crippen molar-refractivity contribution in [2.75, 3.05) is 5.75 Å². The Morgan fingerprint density at radius 3 is 2.29 bits per heavy atom. The Morgan fingerprint density at radius 2 is 1.67 bits per heavy atom. The molecule has 0 bridgehead atoms. The van der Waals surface area contributed by atoms with Gasteiger partial charge in [-0.05, 0) is 36.6 Å². The molecule has 2 aromatic carbocycles. The Hall–Kier alpha value is -1.17. The van der Waals surface area contributed by atoms with Gasteiger partial charge in [0.2, 0.25) is 10.0 Å². The molecule has 112 valence electrons. The zero-order chi connectivity index (χ0) is 15.3. The van der Waals surface area contributed by atoms with Crippen molar-refractivity contribution in [2.45, 2.75) is 19.4 Å². The van der Waals surface area contributed by atoms with E-state index >= 15 is 0 Å². The van der Waals surface area contributed by atoms with Gasteiger partial charge in [0.05, 0.1) is 5.75 Å². The van der Waals surface area contributed by atoms with Crippen LogP contribution in [-0.2, 0) is 16.4 Å². The van der Waals surface area contributed by atoms with Gasteiger partial charge < -0.3 is 0 Å². The summed E-state index contributed by atoms with van der Waals surface area (Å²) in [5, 5.41) is 0. The van der Waals surface area contributed by atoms with Crippen LogP contribution in [0.1, 0.15) is 24.1 Å². The highest BCUT2D eigenvalue weighted by Gasteiger charge is 2.15. The second-order valence-corrected chi connectivity index (χ2v) is 7.73. The summed E-state index contributed by atoms with van der Waals surface area (Å²) in [5.41, 5.74) is 1.97. The van der Waals surface area contributed by atoms with Crippen LogP contribution in [-0.4, -0.2) is 14.2 Å². The van der Waals surface area contributed by atoms with E-state index in [2.05, 4.69) is 20.7 Å². The summed E-state index contributed by atoms with van der Waals surface area (Å²) in [6, 6.07) is 17.0. The lowest BCUT2D eigenvalue weighted by Crippen LogP contribution is -2.29. The van der Waals surface area contributed by atoms with Crippen molar-refractivity contribution < 1.29 is 8.42 Å². The van der Waals surface area contributed by atoms with E-state index in [9.17, 15) is 8.42 Å². The molecule has 0 amide bonds. The highest BCUT2D eigenvalue weighted by Crippen LogP contribution is 2.17. The summed E-state index contributed by atoms with van der Waals surface area (Å²) in [7, 11) is -3.30. The van der Waals surface area contributed by atoms with E-state index in [0.29, 0.717) is 6.42 Å². The van der Waals surface area contributed by atoms with E-state index in [-0.39, 0.29) is 11.8 Å². The zero-order valence-corrected chi connectivity index (χ0v) is 14.2. The van der Waals surface area contributed by atoms with Crippen LogP contribution < -0.4 is 4.72 Å². The van der Waals surface area contributed by atoms with E-state index in [1.54, 1.807) is 0 Å². The zero-order valence-electron chi connectivity index (χ0n) is 11.8. The molecular formula is C16H18BrNO2S. The molecule has 0 fully saturated rings. The fourth-order valence-corrected chi connectivity index (χ4v) is 3.61. The molecule has 0 aromatic heterocycles. The topological polar surface area (TPSA) is 46.2 Å². The lowest BCUT2D eigenvalue weighted by Gasteiger charge is -2.14. The third-order valence-corrected chi connectivity index (χ3v) is 5.21. The summed E-state index contributed by atoms with van der Waals surface area (Å²) in [6.45, 7) is 1.85. The first-order valence-corrected chi connectivity index (χ1v) is 9.20. The Morgan fingerprint density at radius 1 is 1.05 bits per heavy atom. The number of sulfonamides is 1. The van der Waals surface area contributed by atoms with Gasteiger partial charge in [0.15, 0.2) is 0 Å². The summed E-state index contributed by atoms with van der Waals surface area (Å²) < 4.78 is 28.0. The minimum Gasteiger partial charge on any atom is -0.212 e. The smallest absolute Gasteiger partial charge is 0.212 e. The van der Waals surface area contributed by atoms with Crippen LogP contribution >= 0.6 is 15.9 Å². The first-order chi connectivity index (χ1) is 9.96. The molecule has 21 heavy (non-hydrogen) atoms. The number of halogens is 1. The van der Waals surface area contributed by atoms with Crippen LogP contribution in [0, 0.1) is 0 Å². The minimum absolute atomic E-state index is 0.0951. The quantitative estimate of drug-likeness (QED) is 0.846. The van der Waals surface area contributed by atoms with Gasteiger partial charge in [-0.3, -0.25) is 0 Å². The van der Waals surface area contributed by atoms with Gasteiger partial charge in [-0.1, -0.05) is 58.4 Å². The second kappa shape index (κ2) is 7.20. The number of benzene rings is 2. The van der Waals surface area contributed by atoms with Gasteiger partial charge in [0.1, 0.15) is 0 Å². The van der Waals surface area contributed by atoms with Crippen LogP contribution in [0.3, 0.4) is 0 Å². The Bertz CT molecular complexity index is 669. The predicted octanol–water partition coefficient (Wildman–Crippen LogP) is 3.67. The van der Waals surface area contributed by atoms with E-state index < -0.39 is 10.0 Å². The predicted molar refractivity (Wildman–Crippen MR) is 89.6 cm³/mol. The van der Waals surface area contributed by atoms with E-state index in [4.69, 9.17) is 0 Å². The van der Waals surface area contributed by atoms with Crippen molar-refractivity contribution in [3.63, 3.8) is 0 Å². The number of hydrogen-bond acceptors (Lipinski definition) is 2. The molecule has 0 radical (unpaired) electrons. The fraction of sp³-hybridized carbons (Fsp3) is 0.250. The molecule has 0 heterocycles. The first-order valence-electron chi connectivity index (χ1n) is 6.76. The van der Waals surface area contributed by atoms with E-state index in [0.717, 1.165) is 15.6 Å². The van der Waals surface area contributed by atoms with Crippen LogP contribution in [0.2, 0.25) is 0 Å². The van der Waals surface area contributed by atoms with Gasteiger partial charge in [-0.25, -0.2) is 13.1 Å². The lowest BCUT2D eigenvalue weighted by molar-refractivity contribution is 0.566. The van der Waals surface area contributed by atoms with Crippen molar-refractivity contribution in [2.24, 2.45) is 0 Å². The molecular weight excluding hydrogens is 350 g/mol. The van der Waals surface area contributed by atoms with Crippen molar-refractivity contribution in [3.05, 3.63) is 70.2 Å². The van der Waals surface area contributed by atoms with Crippen LogP contribution in [0.4, 0.5) is 0 Å². The highest BCUT2D eigenvalue weighted by atomic mass is 79.9. The van der Waals surface area contributed by atoms with Crippen molar-refractivity contribution in [1.29, 1.82) is 0 Å². The first kappa shape index (κ1) is 16.2. The average molecular weight is 368 g/mol. The van der Waals surface area contributed by atoms with Gasteiger partial charge in [-0.2, -0.15) is 0 Å². The third-order valence-electron chi connectivity index (χ3n) is 3.23. The Balaban J connectivity index is 1.95. The van der Waals surface area contributed by atoms with Crippen LogP contribution in [0.5, 0.6) is 0 Å². The van der Waals surface area contributed by atoms with Crippen molar-refractivity contribution in [3.8, 4) is 0 Å². The number of aryl methyl sites for hydroxylation is 1. The normalized spacial score (nSPS) is 13.0. The molecule has 0 aliphatic heterocycles. The summed E-state index contributed by atoms with van der Waals surface area (Å²) >= 11 is 3.37. The van der Waals surface area contributed by atoms with Gasteiger partial charge in [-0.15, -0.1) is 0 Å². The largest absolute Gasteiger partial charge is 0.212 e. The van der Waals surface area contributed by atoms with Gasteiger partial charge in [0.25, 0.3) is 0 Å². The second-order valence-electron chi connectivity index (χ2n) is 4.95. The molecule has 0 saturated heterocycles. The van der Waals surface area contributed by atoms with Crippen molar-refractivity contribution >= 4 is 26.0 Å². The average Bonchev–Trinajstić information content (AvgIpc) is 2.46. The number of rotatable bonds is 6. The SMILES string of the molecule is CC(NS(=O)(=O)CCc1ccccc1)c1ccc(Br)cc1. The molecule has 2 aromatic rings. The fourth-order valence-electron chi connectivity index (χ4n) is 2.04. The Kier molecular flexibility index (Phi) is 5.56. The molecule has 1 N–H and O–H groups in total. The lowest BCUT2D eigenvalue weighted by atomic mass is 10.1. The summed E-state index contributed by atoms with van der Waals surface area (Å²) in [4.78, 5) is 0. The van der Waals surface area contributed by atoms with Crippen molar-refractivity contribution in [1.82, 2.24) is 4.72 Å². The van der Waals surface area contributed by atoms with Crippen LogP contribution in [0.25, 0.3) is 0 Å². The molecule has 0 aliphatic rings. The van der Waals surface area contributed by atoms with Gasteiger partial charge in [0, 0.05) is 10.5 Å².